The Morgan fingerprint density at radius 1 is 1.15 bits per heavy atom. The van der Waals surface area contributed by atoms with Crippen molar-refractivity contribution in [1.29, 1.82) is 0 Å². The standard InChI is InChI=1S/C16H24N2.C2H6/c1-4-14-11-16(12-15(14)13-17-5-2)7-9-18(6-3)10-8-16;1-2/h4-5,13H,1-2,6-12H2,3H3;1-2H3. The fraction of sp³-hybridized carbons (Fsp3) is 0.611. The van der Waals surface area contributed by atoms with Gasteiger partial charge in [-0.3, -0.25) is 4.99 Å². The predicted octanol–water partition coefficient (Wildman–Crippen LogP) is 4.61. The van der Waals surface area contributed by atoms with Crippen molar-refractivity contribution in [3.8, 4) is 0 Å². The lowest BCUT2D eigenvalue weighted by Crippen LogP contribution is -2.39. The number of rotatable bonds is 4. The van der Waals surface area contributed by atoms with Gasteiger partial charge in [-0.25, -0.2) is 0 Å². The molecule has 1 aliphatic heterocycles. The zero-order chi connectivity index (χ0) is 15.0. The molecule has 1 aliphatic carbocycles. The van der Waals surface area contributed by atoms with E-state index in [9.17, 15) is 0 Å². The first-order chi connectivity index (χ1) is 9.73. The molecule has 2 aliphatic rings. The van der Waals surface area contributed by atoms with Gasteiger partial charge in [0.1, 0.15) is 0 Å². The maximum atomic E-state index is 4.18. The second-order valence-corrected chi connectivity index (χ2v) is 5.50. The SMILES string of the molecule is C=CN=CC1=C(C=C)CC2(CCN(CC)CC2)C1.CC. The van der Waals surface area contributed by atoms with E-state index < -0.39 is 0 Å². The van der Waals surface area contributed by atoms with Crippen molar-refractivity contribution in [3.05, 3.63) is 36.6 Å². The van der Waals surface area contributed by atoms with Crippen LogP contribution in [0.1, 0.15) is 46.5 Å². The Morgan fingerprint density at radius 2 is 1.75 bits per heavy atom. The molecular weight excluding hydrogens is 244 g/mol. The molecule has 1 fully saturated rings. The van der Waals surface area contributed by atoms with Gasteiger partial charge in [-0.1, -0.05) is 40.0 Å². The fourth-order valence-electron chi connectivity index (χ4n) is 3.27. The third-order valence-electron chi connectivity index (χ3n) is 4.49. The topological polar surface area (TPSA) is 15.6 Å². The van der Waals surface area contributed by atoms with E-state index in [4.69, 9.17) is 0 Å². The molecule has 0 unspecified atom stereocenters. The molecule has 0 N–H and O–H groups in total. The van der Waals surface area contributed by atoms with E-state index >= 15 is 0 Å². The highest BCUT2D eigenvalue weighted by atomic mass is 15.1. The molecule has 1 heterocycles. The lowest BCUT2D eigenvalue weighted by atomic mass is 9.75. The van der Waals surface area contributed by atoms with Crippen molar-refractivity contribution in [2.45, 2.75) is 46.5 Å². The first-order valence-electron chi connectivity index (χ1n) is 7.94. The molecule has 112 valence electrons. The molecule has 0 bridgehead atoms. The van der Waals surface area contributed by atoms with Crippen LogP contribution in [0.3, 0.4) is 0 Å². The lowest BCUT2D eigenvalue weighted by Gasteiger charge is -2.39. The van der Waals surface area contributed by atoms with Crippen LogP contribution in [0.4, 0.5) is 0 Å². The molecule has 2 heteroatoms. The van der Waals surface area contributed by atoms with Gasteiger partial charge >= 0.3 is 0 Å². The summed E-state index contributed by atoms with van der Waals surface area (Å²) >= 11 is 0. The Bertz CT molecular complexity index is 382. The zero-order valence-corrected chi connectivity index (χ0v) is 13.5. The molecule has 0 radical (unpaired) electrons. The molecule has 20 heavy (non-hydrogen) atoms. The number of hydrogen-bond acceptors (Lipinski definition) is 2. The summed E-state index contributed by atoms with van der Waals surface area (Å²) in [6.07, 6.45) is 10.6. The molecule has 0 amide bonds. The maximum absolute atomic E-state index is 4.18. The molecule has 0 saturated carbocycles. The summed E-state index contributed by atoms with van der Waals surface area (Å²) in [6.45, 7) is 17.5. The van der Waals surface area contributed by atoms with Crippen molar-refractivity contribution in [3.63, 3.8) is 0 Å². The highest BCUT2D eigenvalue weighted by Crippen LogP contribution is 2.48. The van der Waals surface area contributed by atoms with E-state index in [1.807, 2.05) is 26.1 Å². The van der Waals surface area contributed by atoms with E-state index in [-0.39, 0.29) is 0 Å². The highest BCUT2D eigenvalue weighted by Gasteiger charge is 2.39. The zero-order valence-electron chi connectivity index (χ0n) is 13.5. The minimum atomic E-state index is 0.484. The number of allylic oxidation sites excluding steroid dienone is 3. The van der Waals surface area contributed by atoms with Gasteiger partial charge in [-0.2, -0.15) is 0 Å². The van der Waals surface area contributed by atoms with E-state index in [1.54, 1.807) is 6.20 Å². The van der Waals surface area contributed by atoms with Gasteiger partial charge in [0.15, 0.2) is 0 Å². The average Bonchev–Trinajstić information content (AvgIpc) is 2.86. The van der Waals surface area contributed by atoms with Crippen molar-refractivity contribution in [1.82, 2.24) is 4.90 Å². The monoisotopic (exact) mass is 274 g/mol. The Morgan fingerprint density at radius 3 is 2.25 bits per heavy atom. The number of nitrogens with zero attached hydrogens (tertiary/aromatic N) is 2. The Kier molecular flexibility index (Phi) is 6.94. The molecule has 0 aromatic heterocycles. The van der Waals surface area contributed by atoms with Crippen LogP contribution in [0.25, 0.3) is 0 Å². The summed E-state index contributed by atoms with van der Waals surface area (Å²) in [7, 11) is 0. The minimum Gasteiger partial charge on any atom is -0.304 e. The van der Waals surface area contributed by atoms with Crippen LogP contribution in [-0.2, 0) is 0 Å². The van der Waals surface area contributed by atoms with Crippen LogP contribution in [0.2, 0.25) is 0 Å². The van der Waals surface area contributed by atoms with Gasteiger partial charge in [0.05, 0.1) is 0 Å². The number of hydrogen-bond donors (Lipinski definition) is 0. The van der Waals surface area contributed by atoms with E-state index in [0.29, 0.717) is 5.41 Å². The molecular formula is C18H30N2. The summed E-state index contributed by atoms with van der Waals surface area (Å²) in [5, 5.41) is 0. The molecule has 1 saturated heterocycles. The van der Waals surface area contributed by atoms with Crippen LogP contribution >= 0.6 is 0 Å². The van der Waals surface area contributed by atoms with Gasteiger partial charge in [0.25, 0.3) is 0 Å². The largest absolute Gasteiger partial charge is 0.304 e. The first-order valence-corrected chi connectivity index (χ1v) is 7.94. The van der Waals surface area contributed by atoms with Gasteiger partial charge in [0.2, 0.25) is 0 Å². The minimum absolute atomic E-state index is 0.484. The second kappa shape index (κ2) is 8.21. The maximum Gasteiger partial charge on any atom is 0.0302 e. The fourth-order valence-corrected chi connectivity index (χ4v) is 3.27. The summed E-state index contributed by atoms with van der Waals surface area (Å²) in [5.74, 6) is 0. The van der Waals surface area contributed by atoms with E-state index in [1.165, 1.54) is 56.5 Å². The third kappa shape index (κ3) is 3.92. The van der Waals surface area contributed by atoms with Crippen molar-refractivity contribution >= 4 is 6.21 Å². The normalized spacial score (nSPS) is 21.9. The smallest absolute Gasteiger partial charge is 0.0302 e. The van der Waals surface area contributed by atoms with Crippen LogP contribution < -0.4 is 0 Å². The van der Waals surface area contributed by atoms with Crippen LogP contribution in [0.5, 0.6) is 0 Å². The Balaban J connectivity index is 0.000000956. The summed E-state index contributed by atoms with van der Waals surface area (Å²) in [4.78, 5) is 6.73. The van der Waals surface area contributed by atoms with Crippen LogP contribution in [-0.4, -0.2) is 30.7 Å². The molecule has 0 aromatic carbocycles. The Hall–Kier alpha value is -1.15. The van der Waals surface area contributed by atoms with Crippen molar-refractivity contribution in [2.24, 2.45) is 10.4 Å². The van der Waals surface area contributed by atoms with Gasteiger partial charge < -0.3 is 4.90 Å². The Labute approximate surface area is 125 Å². The van der Waals surface area contributed by atoms with Gasteiger partial charge in [-0.05, 0) is 61.9 Å². The molecule has 2 nitrogen and oxygen atoms in total. The molecule has 0 aromatic rings. The van der Waals surface area contributed by atoms with Crippen molar-refractivity contribution < 1.29 is 0 Å². The lowest BCUT2D eigenvalue weighted by molar-refractivity contribution is 0.116. The number of aliphatic imine (C=N–C) groups is 1. The van der Waals surface area contributed by atoms with E-state index in [0.717, 1.165) is 0 Å². The second-order valence-electron chi connectivity index (χ2n) is 5.50. The summed E-state index contributed by atoms with van der Waals surface area (Å²) < 4.78 is 0. The van der Waals surface area contributed by atoms with Crippen molar-refractivity contribution in [2.75, 3.05) is 19.6 Å². The molecule has 0 atom stereocenters. The highest BCUT2D eigenvalue weighted by molar-refractivity contribution is 5.82. The van der Waals surface area contributed by atoms with Gasteiger partial charge in [0, 0.05) is 12.4 Å². The van der Waals surface area contributed by atoms with Crippen LogP contribution in [0, 0.1) is 5.41 Å². The number of likely N-dealkylation sites (tertiary alicyclic amines) is 1. The average molecular weight is 274 g/mol. The predicted molar refractivity (Wildman–Crippen MR) is 90.3 cm³/mol. The first kappa shape index (κ1) is 16.9. The summed E-state index contributed by atoms with van der Waals surface area (Å²) in [6, 6.07) is 0. The quantitative estimate of drug-likeness (QED) is 0.684. The summed E-state index contributed by atoms with van der Waals surface area (Å²) in [5.41, 5.74) is 3.25. The number of piperidine rings is 1. The van der Waals surface area contributed by atoms with E-state index in [2.05, 4.69) is 30.0 Å². The van der Waals surface area contributed by atoms with Gasteiger partial charge in [-0.15, -0.1) is 0 Å². The molecule has 2 rings (SSSR count). The third-order valence-corrected chi connectivity index (χ3v) is 4.49. The molecule has 1 spiro atoms. The van der Waals surface area contributed by atoms with Crippen LogP contribution in [0.15, 0.2) is 41.6 Å².